The molecule has 0 radical (unpaired) electrons. The topological polar surface area (TPSA) is 44.5 Å². The molecule has 1 aromatic carbocycles. The van der Waals surface area contributed by atoms with Gasteiger partial charge in [0.15, 0.2) is 0 Å². The highest BCUT2D eigenvalue weighted by atomic mass is 16.5. The van der Waals surface area contributed by atoms with E-state index < -0.39 is 0 Å². The molecule has 0 aromatic heterocycles. The molecule has 1 atom stereocenters. The number of nitrogens with two attached hydrogens (primary N) is 1. The SMILES string of the molecule is CCc1ccc(OC(CN)COC)cc1. The maximum atomic E-state index is 5.65. The summed E-state index contributed by atoms with van der Waals surface area (Å²) in [6.45, 7) is 3.11. The summed E-state index contributed by atoms with van der Waals surface area (Å²) in [5.74, 6) is 0.847. The monoisotopic (exact) mass is 209 g/mol. The lowest BCUT2D eigenvalue weighted by molar-refractivity contribution is 0.0860. The van der Waals surface area contributed by atoms with Gasteiger partial charge in [-0.15, -0.1) is 0 Å². The van der Waals surface area contributed by atoms with Gasteiger partial charge in [0.1, 0.15) is 11.9 Å². The van der Waals surface area contributed by atoms with Crippen LogP contribution in [0.15, 0.2) is 24.3 Å². The van der Waals surface area contributed by atoms with Gasteiger partial charge in [0.05, 0.1) is 6.61 Å². The molecule has 0 fully saturated rings. The fourth-order valence-corrected chi connectivity index (χ4v) is 1.33. The van der Waals surface area contributed by atoms with Gasteiger partial charge in [0, 0.05) is 13.7 Å². The number of hydrogen-bond acceptors (Lipinski definition) is 3. The van der Waals surface area contributed by atoms with Crippen LogP contribution in [-0.2, 0) is 11.2 Å². The van der Waals surface area contributed by atoms with E-state index in [4.69, 9.17) is 15.2 Å². The summed E-state index contributed by atoms with van der Waals surface area (Å²) in [6.07, 6.45) is 0.973. The van der Waals surface area contributed by atoms with Crippen molar-refractivity contribution in [1.29, 1.82) is 0 Å². The Labute approximate surface area is 91.2 Å². The zero-order chi connectivity index (χ0) is 11.1. The molecule has 0 aliphatic heterocycles. The number of methoxy groups -OCH3 is 1. The fourth-order valence-electron chi connectivity index (χ4n) is 1.33. The maximum absolute atomic E-state index is 5.65. The number of rotatable bonds is 6. The molecule has 0 amide bonds. The minimum absolute atomic E-state index is 0.0672. The molecule has 0 aliphatic rings. The van der Waals surface area contributed by atoms with Crippen molar-refractivity contribution in [2.75, 3.05) is 20.3 Å². The average molecular weight is 209 g/mol. The second kappa shape index (κ2) is 6.43. The van der Waals surface area contributed by atoms with Crippen molar-refractivity contribution in [3.8, 4) is 5.75 Å². The molecule has 0 heterocycles. The second-order valence-electron chi connectivity index (χ2n) is 3.43. The summed E-state index contributed by atoms with van der Waals surface area (Å²) in [6, 6.07) is 8.07. The van der Waals surface area contributed by atoms with E-state index in [1.54, 1.807) is 7.11 Å². The summed E-state index contributed by atoms with van der Waals surface area (Å²) in [7, 11) is 1.65. The summed E-state index contributed by atoms with van der Waals surface area (Å²) < 4.78 is 10.7. The van der Waals surface area contributed by atoms with E-state index in [1.165, 1.54) is 5.56 Å². The van der Waals surface area contributed by atoms with Gasteiger partial charge in [-0.2, -0.15) is 0 Å². The van der Waals surface area contributed by atoms with Crippen molar-refractivity contribution in [3.05, 3.63) is 29.8 Å². The summed E-state index contributed by atoms with van der Waals surface area (Å²) >= 11 is 0. The minimum atomic E-state index is -0.0672. The third kappa shape index (κ3) is 3.90. The van der Waals surface area contributed by atoms with E-state index in [0.29, 0.717) is 13.2 Å². The van der Waals surface area contributed by atoms with Gasteiger partial charge in [0.25, 0.3) is 0 Å². The first kappa shape index (κ1) is 12.0. The lowest BCUT2D eigenvalue weighted by atomic mass is 10.2. The van der Waals surface area contributed by atoms with E-state index in [-0.39, 0.29) is 6.10 Å². The third-order valence-corrected chi connectivity index (χ3v) is 2.25. The van der Waals surface area contributed by atoms with Crippen molar-refractivity contribution in [1.82, 2.24) is 0 Å². The standard InChI is InChI=1S/C12H19NO2/c1-3-10-4-6-11(7-5-10)15-12(8-13)9-14-2/h4-7,12H,3,8-9,13H2,1-2H3. The zero-order valence-electron chi connectivity index (χ0n) is 9.40. The highest BCUT2D eigenvalue weighted by molar-refractivity contribution is 5.27. The van der Waals surface area contributed by atoms with Crippen LogP contribution in [0, 0.1) is 0 Å². The molecule has 1 aromatic rings. The van der Waals surface area contributed by atoms with Crippen molar-refractivity contribution in [3.63, 3.8) is 0 Å². The van der Waals surface area contributed by atoms with Crippen LogP contribution in [0.1, 0.15) is 12.5 Å². The van der Waals surface area contributed by atoms with Crippen LogP contribution in [0.4, 0.5) is 0 Å². The Morgan fingerprint density at radius 2 is 1.93 bits per heavy atom. The van der Waals surface area contributed by atoms with Crippen molar-refractivity contribution in [2.24, 2.45) is 5.73 Å². The third-order valence-electron chi connectivity index (χ3n) is 2.25. The number of ether oxygens (including phenoxy) is 2. The number of benzene rings is 1. The fraction of sp³-hybridized carbons (Fsp3) is 0.500. The zero-order valence-corrected chi connectivity index (χ0v) is 9.40. The molecule has 0 bridgehead atoms. The Hall–Kier alpha value is -1.06. The molecule has 0 saturated carbocycles. The van der Waals surface area contributed by atoms with Crippen LogP contribution in [0.2, 0.25) is 0 Å². The molecule has 15 heavy (non-hydrogen) atoms. The van der Waals surface area contributed by atoms with Crippen molar-refractivity contribution in [2.45, 2.75) is 19.4 Å². The van der Waals surface area contributed by atoms with E-state index in [9.17, 15) is 0 Å². The first-order valence-corrected chi connectivity index (χ1v) is 5.24. The summed E-state index contributed by atoms with van der Waals surface area (Å²) in [4.78, 5) is 0. The molecule has 1 rings (SSSR count). The molecular formula is C12H19NO2. The first-order valence-electron chi connectivity index (χ1n) is 5.24. The Bertz CT molecular complexity index is 271. The molecule has 3 nitrogen and oxygen atoms in total. The predicted octanol–water partition coefficient (Wildman–Crippen LogP) is 1.60. The molecule has 2 N–H and O–H groups in total. The molecular weight excluding hydrogens is 190 g/mol. The van der Waals surface area contributed by atoms with Crippen molar-refractivity contribution >= 4 is 0 Å². The first-order chi connectivity index (χ1) is 7.30. The van der Waals surface area contributed by atoms with Gasteiger partial charge in [0.2, 0.25) is 0 Å². The highest BCUT2D eigenvalue weighted by Crippen LogP contribution is 2.14. The molecule has 3 heteroatoms. The molecule has 0 saturated heterocycles. The Kier molecular flexibility index (Phi) is 5.15. The Balaban J connectivity index is 2.55. The maximum Gasteiger partial charge on any atom is 0.134 e. The van der Waals surface area contributed by atoms with E-state index in [2.05, 4.69) is 19.1 Å². The molecule has 84 valence electrons. The average Bonchev–Trinajstić information content (AvgIpc) is 2.29. The predicted molar refractivity (Wildman–Crippen MR) is 61.2 cm³/mol. The molecule has 0 aliphatic carbocycles. The van der Waals surface area contributed by atoms with Gasteiger partial charge in [-0.3, -0.25) is 0 Å². The smallest absolute Gasteiger partial charge is 0.134 e. The largest absolute Gasteiger partial charge is 0.487 e. The van der Waals surface area contributed by atoms with Crippen LogP contribution in [-0.4, -0.2) is 26.4 Å². The van der Waals surface area contributed by atoms with Gasteiger partial charge in [-0.25, -0.2) is 0 Å². The molecule has 0 spiro atoms. The Morgan fingerprint density at radius 3 is 2.40 bits per heavy atom. The van der Waals surface area contributed by atoms with Crippen LogP contribution in [0.3, 0.4) is 0 Å². The lowest BCUT2D eigenvalue weighted by Crippen LogP contribution is -2.31. The van der Waals surface area contributed by atoms with E-state index in [1.807, 2.05) is 12.1 Å². The van der Waals surface area contributed by atoms with Gasteiger partial charge in [-0.1, -0.05) is 19.1 Å². The lowest BCUT2D eigenvalue weighted by Gasteiger charge is -2.16. The second-order valence-corrected chi connectivity index (χ2v) is 3.43. The molecule has 1 unspecified atom stereocenters. The van der Waals surface area contributed by atoms with Crippen LogP contribution in [0.5, 0.6) is 5.75 Å². The van der Waals surface area contributed by atoms with Crippen LogP contribution < -0.4 is 10.5 Å². The highest BCUT2D eigenvalue weighted by Gasteiger charge is 2.07. The van der Waals surface area contributed by atoms with Gasteiger partial charge < -0.3 is 15.2 Å². The van der Waals surface area contributed by atoms with E-state index in [0.717, 1.165) is 12.2 Å². The van der Waals surface area contributed by atoms with Gasteiger partial charge in [-0.05, 0) is 24.1 Å². The van der Waals surface area contributed by atoms with Crippen LogP contribution >= 0.6 is 0 Å². The van der Waals surface area contributed by atoms with Gasteiger partial charge >= 0.3 is 0 Å². The quantitative estimate of drug-likeness (QED) is 0.774. The van der Waals surface area contributed by atoms with Crippen molar-refractivity contribution < 1.29 is 9.47 Å². The number of aryl methyl sites for hydroxylation is 1. The Morgan fingerprint density at radius 1 is 1.27 bits per heavy atom. The number of hydrogen-bond donors (Lipinski definition) is 1. The normalized spacial score (nSPS) is 12.5. The van der Waals surface area contributed by atoms with Crippen LogP contribution in [0.25, 0.3) is 0 Å². The van der Waals surface area contributed by atoms with E-state index >= 15 is 0 Å². The minimum Gasteiger partial charge on any atom is -0.487 e. The summed E-state index contributed by atoms with van der Waals surface area (Å²) in [5, 5.41) is 0. The summed E-state index contributed by atoms with van der Waals surface area (Å²) in [5.41, 5.74) is 6.86.